The number of hydrogen-bond acceptors (Lipinski definition) is 5. The Hall–Kier alpha value is -1.82. The van der Waals surface area contributed by atoms with Crippen molar-refractivity contribution in [3.05, 3.63) is 28.3 Å². The quantitative estimate of drug-likeness (QED) is 0.567. The van der Waals surface area contributed by atoms with Gasteiger partial charge in [0.25, 0.3) is 0 Å². The van der Waals surface area contributed by atoms with Gasteiger partial charge in [-0.05, 0) is 39.7 Å². The standard InChI is InChI=1S/C15H24N2O4/c1-5-15(4,8-9-18)16-12-6-7-13(17(19)20)14(10-12)21-11(2)3/h6-7,10-11,16,18H,5,8-9H2,1-4H3. The van der Waals surface area contributed by atoms with Gasteiger partial charge in [-0.1, -0.05) is 6.92 Å². The molecule has 0 heterocycles. The van der Waals surface area contributed by atoms with E-state index < -0.39 is 4.92 Å². The van der Waals surface area contributed by atoms with Gasteiger partial charge in [0, 0.05) is 30.0 Å². The van der Waals surface area contributed by atoms with Crippen LogP contribution in [-0.4, -0.2) is 28.3 Å². The molecule has 0 fully saturated rings. The van der Waals surface area contributed by atoms with Crippen molar-refractivity contribution in [2.24, 2.45) is 0 Å². The lowest BCUT2D eigenvalue weighted by molar-refractivity contribution is -0.386. The SMILES string of the molecule is CCC(C)(CCO)Nc1ccc([N+](=O)[O-])c(OC(C)C)c1. The van der Waals surface area contributed by atoms with E-state index >= 15 is 0 Å². The second kappa shape index (κ2) is 7.26. The Kier molecular flexibility index (Phi) is 5.96. The van der Waals surface area contributed by atoms with Crippen LogP contribution in [-0.2, 0) is 0 Å². The summed E-state index contributed by atoms with van der Waals surface area (Å²) in [5, 5.41) is 23.5. The Bertz CT molecular complexity index is 491. The summed E-state index contributed by atoms with van der Waals surface area (Å²) in [4.78, 5) is 10.6. The largest absolute Gasteiger partial charge is 0.484 e. The van der Waals surface area contributed by atoms with E-state index in [4.69, 9.17) is 9.84 Å². The molecule has 0 aliphatic heterocycles. The van der Waals surface area contributed by atoms with Crippen LogP contribution >= 0.6 is 0 Å². The summed E-state index contributed by atoms with van der Waals surface area (Å²) in [7, 11) is 0. The molecule has 0 saturated heterocycles. The Morgan fingerprint density at radius 1 is 1.48 bits per heavy atom. The molecule has 1 atom stereocenters. The highest BCUT2D eigenvalue weighted by atomic mass is 16.6. The predicted molar refractivity (Wildman–Crippen MR) is 82.9 cm³/mol. The van der Waals surface area contributed by atoms with E-state index in [9.17, 15) is 10.1 Å². The maximum Gasteiger partial charge on any atom is 0.311 e. The minimum atomic E-state index is -0.450. The van der Waals surface area contributed by atoms with Crippen LogP contribution in [0.2, 0.25) is 0 Å². The average Bonchev–Trinajstić information content (AvgIpc) is 2.38. The van der Waals surface area contributed by atoms with Gasteiger partial charge in [0.05, 0.1) is 11.0 Å². The molecular formula is C15H24N2O4. The average molecular weight is 296 g/mol. The van der Waals surface area contributed by atoms with Crippen molar-refractivity contribution >= 4 is 11.4 Å². The van der Waals surface area contributed by atoms with E-state index in [0.717, 1.165) is 12.1 Å². The molecule has 0 aliphatic carbocycles. The highest BCUT2D eigenvalue weighted by Crippen LogP contribution is 2.32. The second-order valence-electron chi connectivity index (χ2n) is 5.62. The first-order chi connectivity index (χ1) is 9.81. The first kappa shape index (κ1) is 17.2. The first-order valence-corrected chi connectivity index (χ1v) is 7.15. The van der Waals surface area contributed by atoms with Crippen LogP contribution < -0.4 is 10.1 Å². The lowest BCUT2D eigenvalue weighted by atomic mass is 9.94. The molecule has 1 unspecified atom stereocenters. The number of anilines is 1. The molecule has 1 rings (SSSR count). The molecular weight excluding hydrogens is 272 g/mol. The van der Waals surface area contributed by atoms with Crippen molar-refractivity contribution in [3.8, 4) is 5.75 Å². The van der Waals surface area contributed by atoms with Crippen molar-refractivity contribution in [1.82, 2.24) is 0 Å². The zero-order chi connectivity index (χ0) is 16.0. The zero-order valence-electron chi connectivity index (χ0n) is 13.0. The monoisotopic (exact) mass is 296 g/mol. The van der Waals surface area contributed by atoms with Gasteiger partial charge in [0.1, 0.15) is 0 Å². The fourth-order valence-corrected chi connectivity index (χ4v) is 2.01. The molecule has 6 nitrogen and oxygen atoms in total. The number of nitrogens with zero attached hydrogens (tertiary/aromatic N) is 1. The van der Waals surface area contributed by atoms with Gasteiger partial charge in [-0.2, -0.15) is 0 Å². The molecule has 6 heteroatoms. The third-order valence-electron chi connectivity index (χ3n) is 3.41. The summed E-state index contributed by atoms with van der Waals surface area (Å²) >= 11 is 0. The minimum Gasteiger partial charge on any atom is -0.484 e. The number of ether oxygens (including phenoxy) is 1. The molecule has 1 aromatic rings. The molecule has 0 amide bonds. The summed E-state index contributed by atoms with van der Waals surface area (Å²) in [5.74, 6) is 0.252. The van der Waals surface area contributed by atoms with Gasteiger partial charge in [-0.15, -0.1) is 0 Å². The number of nitro groups is 1. The third kappa shape index (κ3) is 4.90. The van der Waals surface area contributed by atoms with Gasteiger partial charge in [0.2, 0.25) is 0 Å². The molecule has 0 bridgehead atoms. The molecule has 118 valence electrons. The number of nitro benzene ring substituents is 1. The lowest BCUT2D eigenvalue weighted by Crippen LogP contribution is -2.35. The van der Waals surface area contributed by atoms with Crippen LogP contribution in [0.15, 0.2) is 18.2 Å². The van der Waals surface area contributed by atoms with E-state index in [1.807, 2.05) is 27.7 Å². The number of nitrogens with one attached hydrogen (secondary N) is 1. The van der Waals surface area contributed by atoms with Crippen LogP contribution in [0.5, 0.6) is 5.75 Å². The van der Waals surface area contributed by atoms with Crippen molar-refractivity contribution < 1.29 is 14.8 Å². The molecule has 0 spiro atoms. The number of rotatable bonds is 8. The number of aliphatic hydroxyl groups excluding tert-OH is 1. The summed E-state index contributed by atoms with van der Waals surface area (Å²) in [6.07, 6.45) is 1.28. The normalized spacial score (nSPS) is 13.8. The number of aliphatic hydroxyl groups is 1. The van der Waals surface area contributed by atoms with E-state index in [2.05, 4.69) is 5.32 Å². The highest BCUT2D eigenvalue weighted by Gasteiger charge is 2.23. The summed E-state index contributed by atoms with van der Waals surface area (Å²) in [6, 6.07) is 4.75. The Balaban J connectivity index is 3.07. The van der Waals surface area contributed by atoms with E-state index in [-0.39, 0.29) is 29.7 Å². The molecule has 1 aromatic carbocycles. The highest BCUT2D eigenvalue weighted by molar-refractivity contribution is 5.59. The zero-order valence-corrected chi connectivity index (χ0v) is 13.0. The first-order valence-electron chi connectivity index (χ1n) is 7.15. The Labute approximate surface area is 125 Å². The van der Waals surface area contributed by atoms with E-state index in [0.29, 0.717) is 6.42 Å². The molecule has 0 aliphatic rings. The summed E-state index contributed by atoms with van der Waals surface area (Å²) in [6.45, 7) is 7.77. The minimum absolute atomic E-state index is 0.0467. The molecule has 0 radical (unpaired) electrons. The fourth-order valence-electron chi connectivity index (χ4n) is 2.01. The maximum absolute atomic E-state index is 11.0. The van der Waals surface area contributed by atoms with E-state index in [1.165, 1.54) is 6.07 Å². The second-order valence-corrected chi connectivity index (χ2v) is 5.62. The summed E-state index contributed by atoms with van der Waals surface area (Å²) in [5.41, 5.74) is 0.434. The number of hydrogen-bond donors (Lipinski definition) is 2. The van der Waals surface area contributed by atoms with Crippen LogP contribution in [0.1, 0.15) is 40.5 Å². The van der Waals surface area contributed by atoms with E-state index in [1.54, 1.807) is 12.1 Å². The van der Waals surface area contributed by atoms with Gasteiger partial charge in [-0.25, -0.2) is 0 Å². The van der Waals surface area contributed by atoms with Crippen molar-refractivity contribution in [1.29, 1.82) is 0 Å². The topological polar surface area (TPSA) is 84.6 Å². The maximum atomic E-state index is 11.0. The van der Waals surface area contributed by atoms with Crippen LogP contribution in [0.3, 0.4) is 0 Å². The molecule has 21 heavy (non-hydrogen) atoms. The van der Waals surface area contributed by atoms with Crippen molar-refractivity contribution in [2.45, 2.75) is 52.2 Å². The van der Waals surface area contributed by atoms with Crippen molar-refractivity contribution in [2.75, 3.05) is 11.9 Å². The molecule has 2 N–H and O–H groups in total. The van der Waals surface area contributed by atoms with Gasteiger partial charge < -0.3 is 15.2 Å². The Morgan fingerprint density at radius 2 is 2.14 bits per heavy atom. The van der Waals surface area contributed by atoms with Crippen LogP contribution in [0.4, 0.5) is 11.4 Å². The molecule has 0 saturated carbocycles. The summed E-state index contributed by atoms with van der Waals surface area (Å²) < 4.78 is 5.52. The lowest BCUT2D eigenvalue weighted by Gasteiger charge is -2.30. The van der Waals surface area contributed by atoms with Crippen LogP contribution in [0, 0.1) is 10.1 Å². The van der Waals surface area contributed by atoms with Crippen LogP contribution in [0.25, 0.3) is 0 Å². The third-order valence-corrected chi connectivity index (χ3v) is 3.41. The Morgan fingerprint density at radius 3 is 2.62 bits per heavy atom. The van der Waals surface area contributed by atoms with Gasteiger partial charge in [0.15, 0.2) is 5.75 Å². The number of benzene rings is 1. The van der Waals surface area contributed by atoms with Gasteiger partial charge >= 0.3 is 5.69 Å². The van der Waals surface area contributed by atoms with Gasteiger partial charge in [-0.3, -0.25) is 10.1 Å². The molecule has 0 aromatic heterocycles. The van der Waals surface area contributed by atoms with Crippen molar-refractivity contribution in [3.63, 3.8) is 0 Å². The smallest absolute Gasteiger partial charge is 0.311 e. The fraction of sp³-hybridized carbons (Fsp3) is 0.600. The predicted octanol–water partition coefficient (Wildman–Crippen LogP) is 3.35.